The van der Waals surface area contributed by atoms with Gasteiger partial charge in [0, 0.05) is 10.2 Å². The number of carbonyl (C=O) groups excluding carboxylic acids is 2. The zero-order chi connectivity index (χ0) is 14.4. The summed E-state index contributed by atoms with van der Waals surface area (Å²) >= 11 is 3.31. The molecule has 0 atom stereocenters. The molecule has 0 aliphatic carbocycles. The number of nitrogens with two attached hydrogens (primary N) is 1. The van der Waals surface area contributed by atoms with Crippen LogP contribution in [0, 0.1) is 6.92 Å². The molecule has 20 heavy (non-hydrogen) atoms. The van der Waals surface area contributed by atoms with Gasteiger partial charge in [-0.2, -0.15) is 0 Å². The van der Waals surface area contributed by atoms with E-state index in [0.717, 1.165) is 10.0 Å². The fraction of sp³-hybridized carbons (Fsp3) is 0.0667. The lowest BCUT2D eigenvalue weighted by atomic mass is 10.1. The monoisotopic (exact) mass is 330 g/mol. The number of hydrogen-bond donors (Lipinski definition) is 1. The van der Waals surface area contributed by atoms with Gasteiger partial charge in [-0.05, 0) is 48.9 Å². The first-order valence-corrected chi connectivity index (χ1v) is 6.83. The molecule has 1 aliphatic heterocycles. The van der Waals surface area contributed by atoms with Crippen molar-refractivity contribution in [1.82, 2.24) is 0 Å². The highest BCUT2D eigenvalue weighted by molar-refractivity contribution is 9.10. The maximum Gasteiger partial charge on any atom is 0.266 e. The molecule has 2 amide bonds. The van der Waals surface area contributed by atoms with Crippen molar-refractivity contribution in [3.05, 3.63) is 57.6 Å². The van der Waals surface area contributed by atoms with E-state index in [0.29, 0.717) is 22.5 Å². The lowest BCUT2D eigenvalue weighted by Crippen LogP contribution is -2.30. The van der Waals surface area contributed by atoms with Crippen molar-refractivity contribution in [1.29, 1.82) is 0 Å². The van der Waals surface area contributed by atoms with E-state index in [2.05, 4.69) is 15.9 Å². The minimum atomic E-state index is -0.306. The number of hydrogen-bond acceptors (Lipinski definition) is 3. The Hall–Kier alpha value is -2.14. The van der Waals surface area contributed by atoms with Crippen LogP contribution in [0.3, 0.4) is 0 Å². The maximum atomic E-state index is 12.4. The lowest BCUT2D eigenvalue weighted by Gasteiger charge is -2.16. The minimum Gasteiger partial charge on any atom is -0.399 e. The molecule has 2 aromatic carbocycles. The van der Waals surface area contributed by atoms with E-state index in [1.165, 1.54) is 4.90 Å². The van der Waals surface area contributed by atoms with Gasteiger partial charge in [0.05, 0.1) is 16.8 Å². The fourth-order valence-corrected chi connectivity index (χ4v) is 2.72. The molecule has 0 aromatic heterocycles. The van der Waals surface area contributed by atoms with Crippen LogP contribution in [0.2, 0.25) is 0 Å². The van der Waals surface area contributed by atoms with Crippen molar-refractivity contribution >= 4 is 39.1 Å². The number of imide groups is 1. The minimum absolute atomic E-state index is 0.301. The highest BCUT2D eigenvalue weighted by Crippen LogP contribution is 2.32. The predicted molar refractivity (Wildman–Crippen MR) is 80.9 cm³/mol. The highest BCUT2D eigenvalue weighted by atomic mass is 79.9. The summed E-state index contributed by atoms with van der Waals surface area (Å²) in [6.07, 6.45) is 0. The Labute approximate surface area is 124 Å². The van der Waals surface area contributed by atoms with Gasteiger partial charge in [-0.25, -0.2) is 4.90 Å². The van der Waals surface area contributed by atoms with E-state index in [-0.39, 0.29) is 11.8 Å². The van der Waals surface area contributed by atoms with Crippen molar-refractivity contribution in [2.45, 2.75) is 6.92 Å². The summed E-state index contributed by atoms with van der Waals surface area (Å²) in [5.41, 5.74) is 8.51. The van der Waals surface area contributed by atoms with Crippen LogP contribution in [0.4, 0.5) is 11.4 Å². The number of amides is 2. The third-order valence-corrected chi connectivity index (χ3v) is 3.80. The molecule has 0 saturated heterocycles. The Morgan fingerprint density at radius 2 is 1.70 bits per heavy atom. The van der Waals surface area contributed by atoms with Crippen molar-refractivity contribution < 1.29 is 9.59 Å². The number of halogens is 1. The number of rotatable bonds is 1. The first-order chi connectivity index (χ1) is 9.49. The Kier molecular flexibility index (Phi) is 2.87. The largest absolute Gasteiger partial charge is 0.399 e. The van der Waals surface area contributed by atoms with Crippen LogP contribution in [0.5, 0.6) is 0 Å². The van der Waals surface area contributed by atoms with Gasteiger partial charge < -0.3 is 5.73 Å². The summed E-state index contributed by atoms with van der Waals surface area (Å²) in [5, 5.41) is 0. The molecule has 0 spiro atoms. The SMILES string of the molecule is Cc1cc(N)ccc1N1C(=O)c2ccc(Br)cc2C1=O. The van der Waals surface area contributed by atoms with E-state index in [1.807, 2.05) is 6.92 Å². The third-order valence-electron chi connectivity index (χ3n) is 3.31. The van der Waals surface area contributed by atoms with Gasteiger partial charge in [-0.1, -0.05) is 15.9 Å². The first kappa shape index (κ1) is 12.9. The van der Waals surface area contributed by atoms with Gasteiger partial charge in [0.15, 0.2) is 0 Å². The van der Waals surface area contributed by atoms with E-state index in [9.17, 15) is 9.59 Å². The molecule has 0 fully saturated rings. The molecule has 4 nitrogen and oxygen atoms in total. The van der Waals surface area contributed by atoms with E-state index in [4.69, 9.17) is 5.73 Å². The molecule has 0 unspecified atom stereocenters. The second-order valence-electron chi connectivity index (χ2n) is 4.68. The normalized spacial score (nSPS) is 13.8. The first-order valence-electron chi connectivity index (χ1n) is 6.03. The van der Waals surface area contributed by atoms with Gasteiger partial charge in [0.25, 0.3) is 11.8 Å². The van der Waals surface area contributed by atoms with Crippen LogP contribution in [0.25, 0.3) is 0 Å². The summed E-state index contributed by atoms with van der Waals surface area (Å²) in [4.78, 5) is 26.1. The second kappa shape index (κ2) is 4.45. The molecule has 2 aromatic rings. The van der Waals surface area contributed by atoms with Crippen LogP contribution in [-0.2, 0) is 0 Å². The standard InChI is InChI=1S/C15H11BrN2O2/c1-8-6-10(17)3-5-13(8)18-14(19)11-4-2-9(16)7-12(11)15(18)20/h2-7H,17H2,1H3. The number of anilines is 2. The number of fused-ring (bicyclic) bond motifs is 1. The van der Waals surface area contributed by atoms with Gasteiger partial charge >= 0.3 is 0 Å². The zero-order valence-electron chi connectivity index (χ0n) is 10.7. The van der Waals surface area contributed by atoms with Crippen molar-refractivity contribution in [3.63, 3.8) is 0 Å². The fourth-order valence-electron chi connectivity index (χ4n) is 2.36. The van der Waals surface area contributed by atoms with E-state index >= 15 is 0 Å². The molecule has 0 radical (unpaired) electrons. The number of nitrogens with zero attached hydrogens (tertiary/aromatic N) is 1. The van der Waals surface area contributed by atoms with Crippen molar-refractivity contribution in [2.75, 3.05) is 10.6 Å². The molecule has 0 saturated carbocycles. The summed E-state index contributed by atoms with van der Waals surface area (Å²) in [6.45, 7) is 1.82. The second-order valence-corrected chi connectivity index (χ2v) is 5.60. The number of nitrogen functional groups attached to an aromatic ring is 1. The molecule has 1 heterocycles. The van der Waals surface area contributed by atoms with Crippen LogP contribution in [-0.4, -0.2) is 11.8 Å². The van der Waals surface area contributed by atoms with Gasteiger partial charge in [-0.3, -0.25) is 9.59 Å². The molecule has 5 heteroatoms. The Morgan fingerprint density at radius 3 is 2.40 bits per heavy atom. The van der Waals surface area contributed by atoms with E-state index < -0.39 is 0 Å². The summed E-state index contributed by atoms with van der Waals surface area (Å²) in [5.74, 6) is -0.607. The van der Waals surface area contributed by atoms with Crippen LogP contribution in [0.15, 0.2) is 40.9 Å². The number of carbonyl (C=O) groups is 2. The smallest absolute Gasteiger partial charge is 0.266 e. The lowest BCUT2D eigenvalue weighted by molar-refractivity contribution is 0.0926. The molecule has 100 valence electrons. The molecular formula is C15H11BrN2O2. The summed E-state index contributed by atoms with van der Waals surface area (Å²) in [6, 6.07) is 10.2. The van der Waals surface area contributed by atoms with E-state index in [1.54, 1.807) is 36.4 Å². The summed E-state index contributed by atoms with van der Waals surface area (Å²) in [7, 11) is 0. The Bertz CT molecular complexity index is 756. The third kappa shape index (κ3) is 1.82. The summed E-state index contributed by atoms with van der Waals surface area (Å²) < 4.78 is 0.772. The average molecular weight is 331 g/mol. The quantitative estimate of drug-likeness (QED) is 0.645. The van der Waals surface area contributed by atoms with Crippen LogP contribution >= 0.6 is 15.9 Å². The Morgan fingerprint density at radius 1 is 1.00 bits per heavy atom. The van der Waals surface area contributed by atoms with Crippen molar-refractivity contribution in [3.8, 4) is 0 Å². The number of benzene rings is 2. The molecule has 1 aliphatic rings. The van der Waals surface area contributed by atoms with Gasteiger partial charge in [-0.15, -0.1) is 0 Å². The zero-order valence-corrected chi connectivity index (χ0v) is 12.3. The number of aryl methyl sites for hydroxylation is 1. The van der Waals surface area contributed by atoms with Gasteiger partial charge in [0.2, 0.25) is 0 Å². The topological polar surface area (TPSA) is 63.4 Å². The Balaban J connectivity index is 2.14. The molecular weight excluding hydrogens is 320 g/mol. The predicted octanol–water partition coefficient (Wildman–Crippen LogP) is 3.14. The molecule has 2 N–H and O–H groups in total. The van der Waals surface area contributed by atoms with Crippen molar-refractivity contribution in [2.24, 2.45) is 0 Å². The highest BCUT2D eigenvalue weighted by Gasteiger charge is 2.37. The van der Waals surface area contributed by atoms with Crippen LogP contribution < -0.4 is 10.6 Å². The molecule has 0 bridgehead atoms. The van der Waals surface area contributed by atoms with Gasteiger partial charge in [0.1, 0.15) is 0 Å². The average Bonchev–Trinajstić information content (AvgIpc) is 2.63. The van der Waals surface area contributed by atoms with Crippen LogP contribution in [0.1, 0.15) is 26.3 Å². The molecule has 3 rings (SSSR count). The maximum absolute atomic E-state index is 12.4.